The van der Waals surface area contributed by atoms with Crippen LogP contribution in [-0.2, 0) is 0 Å². The number of benzene rings is 1. The molecule has 1 aromatic carbocycles. The summed E-state index contributed by atoms with van der Waals surface area (Å²) in [5.41, 5.74) is 6.35. The van der Waals surface area contributed by atoms with E-state index in [-0.39, 0.29) is 11.6 Å². The molecule has 2 aromatic rings. The first-order valence-electron chi connectivity index (χ1n) is 5.83. The molecule has 0 aliphatic rings. The maximum Gasteiger partial charge on any atom is 0.222 e. The molecule has 0 saturated heterocycles. The van der Waals surface area contributed by atoms with Crippen molar-refractivity contribution in [3.63, 3.8) is 0 Å². The van der Waals surface area contributed by atoms with Gasteiger partial charge < -0.3 is 11.1 Å². The maximum absolute atomic E-state index is 13.6. The van der Waals surface area contributed by atoms with E-state index < -0.39 is 11.6 Å². The molecule has 6 heteroatoms. The number of hydrogen-bond acceptors (Lipinski definition) is 4. The van der Waals surface area contributed by atoms with Crippen LogP contribution in [0.1, 0.15) is 6.92 Å². The van der Waals surface area contributed by atoms with Gasteiger partial charge >= 0.3 is 0 Å². The lowest BCUT2D eigenvalue weighted by molar-refractivity contribution is 0.585. The average Bonchev–Trinajstić information content (AvgIpc) is 2.37. The largest absolute Gasteiger partial charge is 0.353 e. The van der Waals surface area contributed by atoms with Crippen LogP contribution in [0.15, 0.2) is 30.6 Å². The minimum Gasteiger partial charge on any atom is -0.353 e. The normalized spacial score (nSPS) is 12.2. The van der Waals surface area contributed by atoms with E-state index in [1.54, 1.807) is 0 Å². The molecule has 1 aromatic heterocycles. The van der Waals surface area contributed by atoms with Gasteiger partial charge in [-0.15, -0.1) is 0 Å². The second-order valence-corrected chi connectivity index (χ2v) is 4.28. The molecule has 0 radical (unpaired) electrons. The second kappa shape index (κ2) is 5.71. The van der Waals surface area contributed by atoms with Gasteiger partial charge in [-0.3, -0.25) is 0 Å². The standard InChI is InChI=1S/C13H14F2N4/c1-8(16)5-17-13-18-6-9(7-19-13)11-3-2-10(14)4-12(11)15/h2-4,6-8H,5,16H2,1H3,(H,17,18,19). The van der Waals surface area contributed by atoms with Gasteiger partial charge in [0, 0.05) is 42.2 Å². The molecule has 0 spiro atoms. The Morgan fingerprint density at radius 1 is 1.26 bits per heavy atom. The van der Waals surface area contributed by atoms with Crippen molar-refractivity contribution in [3.05, 3.63) is 42.2 Å². The summed E-state index contributed by atoms with van der Waals surface area (Å²) in [5.74, 6) is -0.833. The summed E-state index contributed by atoms with van der Waals surface area (Å²) in [6.07, 6.45) is 2.96. The van der Waals surface area contributed by atoms with Gasteiger partial charge in [0.2, 0.25) is 5.95 Å². The van der Waals surface area contributed by atoms with Gasteiger partial charge in [0.1, 0.15) is 11.6 Å². The van der Waals surface area contributed by atoms with Crippen molar-refractivity contribution in [2.75, 3.05) is 11.9 Å². The van der Waals surface area contributed by atoms with Crippen LogP contribution in [0, 0.1) is 11.6 Å². The van der Waals surface area contributed by atoms with Crippen LogP contribution in [0.5, 0.6) is 0 Å². The van der Waals surface area contributed by atoms with Crippen LogP contribution < -0.4 is 11.1 Å². The Labute approximate surface area is 109 Å². The molecular weight excluding hydrogens is 250 g/mol. The molecule has 19 heavy (non-hydrogen) atoms. The first-order chi connectivity index (χ1) is 9.06. The lowest BCUT2D eigenvalue weighted by Crippen LogP contribution is -2.25. The van der Waals surface area contributed by atoms with Gasteiger partial charge in [0.25, 0.3) is 0 Å². The Bertz CT molecular complexity index is 555. The number of aromatic nitrogens is 2. The molecule has 0 bridgehead atoms. The van der Waals surface area contributed by atoms with Crippen molar-refractivity contribution in [2.45, 2.75) is 13.0 Å². The molecule has 100 valence electrons. The molecule has 1 atom stereocenters. The fourth-order valence-electron chi connectivity index (χ4n) is 1.53. The zero-order valence-electron chi connectivity index (χ0n) is 10.4. The van der Waals surface area contributed by atoms with Crippen LogP contribution in [0.2, 0.25) is 0 Å². The Kier molecular flexibility index (Phi) is 4.01. The predicted molar refractivity (Wildman–Crippen MR) is 69.5 cm³/mol. The lowest BCUT2D eigenvalue weighted by atomic mass is 10.1. The Morgan fingerprint density at radius 3 is 2.53 bits per heavy atom. The first kappa shape index (κ1) is 13.4. The quantitative estimate of drug-likeness (QED) is 0.888. The minimum atomic E-state index is -0.639. The van der Waals surface area contributed by atoms with Gasteiger partial charge in [0.05, 0.1) is 0 Å². The number of rotatable bonds is 4. The van der Waals surface area contributed by atoms with Gasteiger partial charge in [0.15, 0.2) is 0 Å². The number of anilines is 1. The molecule has 0 fully saturated rings. The van der Waals surface area contributed by atoms with E-state index in [0.717, 1.165) is 6.07 Å². The Morgan fingerprint density at radius 2 is 1.95 bits per heavy atom. The van der Waals surface area contributed by atoms with E-state index in [1.807, 2.05) is 6.92 Å². The zero-order chi connectivity index (χ0) is 13.8. The van der Waals surface area contributed by atoms with Crippen LogP contribution in [0.4, 0.5) is 14.7 Å². The van der Waals surface area contributed by atoms with Crippen molar-refractivity contribution in [3.8, 4) is 11.1 Å². The van der Waals surface area contributed by atoms with Gasteiger partial charge in [-0.05, 0) is 19.1 Å². The fraction of sp³-hybridized carbons (Fsp3) is 0.231. The van der Waals surface area contributed by atoms with Gasteiger partial charge in [-0.25, -0.2) is 18.7 Å². The summed E-state index contributed by atoms with van der Waals surface area (Å²) in [6.45, 7) is 2.40. The zero-order valence-corrected chi connectivity index (χ0v) is 10.4. The summed E-state index contributed by atoms with van der Waals surface area (Å²) in [6, 6.07) is 3.37. The van der Waals surface area contributed by atoms with Crippen molar-refractivity contribution in [1.29, 1.82) is 0 Å². The smallest absolute Gasteiger partial charge is 0.222 e. The third kappa shape index (κ3) is 3.45. The molecule has 3 N–H and O–H groups in total. The molecule has 0 aliphatic carbocycles. The van der Waals surface area contributed by atoms with E-state index in [9.17, 15) is 8.78 Å². The monoisotopic (exact) mass is 264 g/mol. The van der Waals surface area contributed by atoms with Crippen molar-refractivity contribution in [1.82, 2.24) is 9.97 Å². The molecular formula is C13H14F2N4. The van der Waals surface area contributed by atoms with Gasteiger partial charge in [-0.1, -0.05) is 0 Å². The number of nitrogens with one attached hydrogen (secondary N) is 1. The third-order valence-corrected chi connectivity index (χ3v) is 2.48. The van der Waals surface area contributed by atoms with Crippen LogP contribution in [-0.4, -0.2) is 22.6 Å². The van der Waals surface area contributed by atoms with Crippen molar-refractivity contribution in [2.24, 2.45) is 5.73 Å². The molecule has 1 heterocycles. The third-order valence-electron chi connectivity index (χ3n) is 2.48. The molecule has 0 aliphatic heterocycles. The first-order valence-corrected chi connectivity index (χ1v) is 5.83. The highest BCUT2D eigenvalue weighted by Crippen LogP contribution is 2.22. The van der Waals surface area contributed by atoms with Gasteiger partial charge in [-0.2, -0.15) is 0 Å². The van der Waals surface area contributed by atoms with E-state index >= 15 is 0 Å². The Hall–Kier alpha value is -2.08. The van der Waals surface area contributed by atoms with Crippen LogP contribution >= 0.6 is 0 Å². The van der Waals surface area contributed by atoms with E-state index in [4.69, 9.17) is 5.73 Å². The summed E-state index contributed by atoms with van der Waals surface area (Å²) < 4.78 is 26.4. The van der Waals surface area contributed by atoms with E-state index in [2.05, 4.69) is 15.3 Å². The lowest BCUT2D eigenvalue weighted by Gasteiger charge is -2.08. The SMILES string of the molecule is CC(N)CNc1ncc(-c2ccc(F)cc2F)cn1. The molecule has 0 saturated carbocycles. The highest BCUT2D eigenvalue weighted by Gasteiger charge is 2.07. The second-order valence-electron chi connectivity index (χ2n) is 4.28. The summed E-state index contributed by atoms with van der Waals surface area (Å²) in [7, 11) is 0. The minimum absolute atomic E-state index is 0.0159. The van der Waals surface area contributed by atoms with E-state index in [0.29, 0.717) is 18.1 Å². The average molecular weight is 264 g/mol. The number of nitrogens with zero attached hydrogens (tertiary/aromatic N) is 2. The number of halogens is 2. The molecule has 0 amide bonds. The van der Waals surface area contributed by atoms with Crippen LogP contribution in [0.25, 0.3) is 11.1 Å². The maximum atomic E-state index is 13.6. The number of nitrogens with two attached hydrogens (primary N) is 1. The molecule has 4 nitrogen and oxygen atoms in total. The highest BCUT2D eigenvalue weighted by atomic mass is 19.1. The number of hydrogen-bond donors (Lipinski definition) is 2. The predicted octanol–water partition coefficient (Wildman–Crippen LogP) is 2.18. The van der Waals surface area contributed by atoms with Crippen LogP contribution in [0.3, 0.4) is 0 Å². The van der Waals surface area contributed by atoms with E-state index in [1.165, 1.54) is 24.5 Å². The van der Waals surface area contributed by atoms with Crippen molar-refractivity contribution < 1.29 is 8.78 Å². The highest BCUT2D eigenvalue weighted by molar-refractivity contribution is 5.62. The van der Waals surface area contributed by atoms with Crippen molar-refractivity contribution >= 4 is 5.95 Å². The summed E-state index contributed by atoms with van der Waals surface area (Å²) in [4.78, 5) is 8.10. The molecule has 2 rings (SSSR count). The topological polar surface area (TPSA) is 63.8 Å². The summed E-state index contributed by atoms with van der Waals surface area (Å²) in [5, 5.41) is 2.95. The Balaban J connectivity index is 2.18. The molecule has 1 unspecified atom stereocenters. The summed E-state index contributed by atoms with van der Waals surface area (Å²) >= 11 is 0. The fourth-order valence-corrected chi connectivity index (χ4v) is 1.53.